The highest BCUT2D eigenvalue weighted by Crippen LogP contribution is 2.26. The summed E-state index contributed by atoms with van der Waals surface area (Å²) in [5.74, 6) is -0.112. The van der Waals surface area contributed by atoms with Crippen LogP contribution in [0, 0.1) is 0 Å². The predicted octanol–water partition coefficient (Wildman–Crippen LogP) is 3.97. The van der Waals surface area contributed by atoms with E-state index < -0.39 is 0 Å². The highest BCUT2D eigenvalue weighted by atomic mass is 79.9. The standard InChI is InChI=1S/C14H15BrN2OS/c1-2-11(12-7-4-8-19-12)17-14(18)9-5-3-6-10(16)13(9)15/h3-8,11H,2,16H2,1H3,(H,17,18). The molecule has 1 atom stereocenters. The van der Waals surface area contributed by atoms with E-state index in [-0.39, 0.29) is 11.9 Å². The van der Waals surface area contributed by atoms with Gasteiger partial charge < -0.3 is 11.1 Å². The fourth-order valence-corrected chi connectivity index (χ4v) is 3.13. The number of nitrogen functional groups attached to an aromatic ring is 1. The first-order valence-corrected chi connectivity index (χ1v) is 7.69. The van der Waals surface area contributed by atoms with Crippen LogP contribution in [0.1, 0.15) is 34.6 Å². The molecular weight excluding hydrogens is 324 g/mol. The van der Waals surface area contributed by atoms with Crippen molar-refractivity contribution in [3.05, 3.63) is 50.6 Å². The zero-order valence-electron chi connectivity index (χ0n) is 10.5. The van der Waals surface area contributed by atoms with Gasteiger partial charge in [0.1, 0.15) is 0 Å². The zero-order valence-corrected chi connectivity index (χ0v) is 12.9. The number of anilines is 1. The second kappa shape index (κ2) is 6.21. The zero-order chi connectivity index (χ0) is 13.8. The molecule has 0 saturated heterocycles. The molecule has 2 aromatic rings. The average molecular weight is 339 g/mol. The van der Waals surface area contributed by atoms with E-state index in [1.54, 1.807) is 29.5 Å². The lowest BCUT2D eigenvalue weighted by molar-refractivity contribution is 0.0935. The van der Waals surface area contributed by atoms with Gasteiger partial charge in [-0.25, -0.2) is 0 Å². The Bertz CT molecular complexity index is 569. The van der Waals surface area contributed by atoms with E-state index >= 15 is 0 Å². The smallest absolute Gasteiger partial charge is 0.253 e. The SMILES string of the molecule is CCC(NC(=O)c1cccc(N)c1Br)c1cccs1. The fraction of sp³-hybridized carbons (Fsp3) is 0.214. The maximum Gasteiger partial charge on any atom is 0.253 e. The molecule has 2 rings (SSSR count). The molecule has 1 unspecified atom stereocenters. The van der Waals surface area contributed by atoms with E-state index in [1.165, 1.54) is 0 Å². The summed E-state index contributed by atoms with van der Waals surface area (Å²) in [6.07, 6.45) is 0.853. The van der Waals surface area contributed by atoms with Gasteiger partial charge in [-0.15, -0.1) is 11.3 Å². The Kier molecular flexibility index (Phi) is 4.61. The van der Waals surface area contributed by atoms with Crippen molar-refractivity contribution >= 4 is 38.9 Å². The molecule has 0 aliphatic carbocycles. The summed E-state index contributed by atoms with van der Waals surface area (Å²) in [4.78, 5) is 13.5. The molecule has 5 heteroatoms. The Hall–Kier alpha value is -1.33. The molecule has 1 amide bonds. The van der Waals surface area contributed by atoms with Crippen LogP contribution in [0.3, 0.4) is 0 Å². The van der Waals surface area contributed by atoms with Gasteiger partial charge in [-0.05, 0) is 45.9 Å². The minimum atomic E-state index is -0.112. The van der Waals surface area contributed by atoms with Crippen molar-refractivity contribution in [2.24, 2.45) is 0 Å². The average Bonchev–Trinajstić information content (AvgIpc) is 2.92. The molecule has 0 saturated carbocycles. The molecule has 100 valence electrons. The van der Waals surface area contributed by atoms with Gasteiger partial charge in [0.15, 0.2) is 0 Å². The molecule has 1 aromatic carbocycles. The first-order valence-electron chi connectivity index (χ1n) is 6.01. The summed E-state index contributed by atoms with van der Waals surface area (Å²) in [5.41, 5.74) is 6.92. The van der Waals surface area contributed by atoms with Gasteiger partial charge in [-0.3, -0.25) is 4.79 Å². The van der Waals surface area contributed by atoms with Crippen molar-refractivity contribution in [3.63, 3.8) is 0 Å². The number of amides is 1. The molecule has 0 aliphatic rings. The summed E-state index contributed by atoms with van der Waals surface area (Å²) in [6, 6.07) is 9.37. The van der Waals surface area contributed by atoms with Crippen molar-refractivity contribution in [1.29, 1.82) is 0 Å². The van der Waals surface area contributed by atoms with Gasteiger partial charge in [-0.2, -0.15) is 0 Å². The Morgan fingerprint density at radius 2 is 2.21 bits per heavy atom. The number of thiophene rings is 1. The van der Waals surface area contributed by atoms with Crippen LogP contribution in [0.25, 0.3) is 0 Å². The van der Waals surface area contributed by atoms with Crippen LogP contribution in [0.5, 0.6) is 0 Å². The van der Waals surface area contributed by atoms with Gasteiger partial charge in [0.05, 0.1) is 16.1 Å². The van der Waals surface area contributed by atoms with Crippen LogP contribution in [-0.4, -0.2) is 5.91 Å². The van der Waals surface area contributed by atoms with Crippen LogP contribution < -0.4 is 11.1 Å². The van der Waals surface area contributed by atoms with E-state index in [0.29, 0.717) is 15.7 Å². The third-order valence-electron chi connectivity index (χ3n) is 2.87. The number of carbonyl (C=O) groups is 1. The summed E-state index contributed by atoms with van der Waals surface area (Å²) >= 11 is 5.01. The Morgan fingerprint density at radius 1 is 1.42 bits per heavy atom. The van der Waals surface area contributed by atoms with Crippen molar-refractivity contribution in [2.75, 3.05) is 5.73 Å². The van der Waals surface area contributed by atoms with Gasteiger partial charge in [0, 0.05) is 10.6 Å². The van der Waals surface area contributed by atoms with E-state index in [1.807, 2.05) is 17.5 Å². The maximum absolute atomic E-state index is 12.3. The minimum Gasteiger partial charge on any atom is -0.398 e. The van der Waals surface area contributed by atoms with Crippen LogP contribution >= 0.6 is 27.3 Å². The molecule has 19 heavy (non-hydrogen) atoms. The highest BCUT2D eigenvalue weighted by molar-refractivity contribution is 9.10. The number of benzene rings is 1. The van der Waals surface area contributed by atoms with Gasteiger partial charge >= 0.3 is 0 Å². The largest absolute Gasteiger partial charge is 0.398 e. The van der Waals surface area contributed by atoms with Gasteiger partial charge in [0.2, 0.25) is 0 Å². The Labute approximate surface area is 125 Å². The molecule has 0 aliphatic heterocycles. The monoisotopic (exact) mass is 338 g/mol. The van der Waals surface area contributed by atoms with E-state index in [4.69, 9.17) is 5.73 Å². The van der Waals surface area contributed by atoms with Gasteiger partial charge in [0.25, 0.3) is 5.91 Å². The van der Waals surface area contributed by atoms with Crippen molar-refractivity contribution in [3.8, 4) is 0 Å². The summed E-state index contributed by atoms with van der Waals surface area (Å²) in [5, 5.41) is 5.05. The number of hydrogen-bond acceptors (Lipinski definition) is 3. The molecule has 0 fully saturated rings. The lowest BCUT2D eigenvalue weighted by atomic mass is 10.1. The van der Waals surface area contributed by atoms with E-state index in [2.05, 4.69) is 28.2 Å². The van der Waals surface area contributed by atoms with Crippen LogP contribution in [0.4, 0.5) is 5.69 Å². The van der Waals surface area contributed by atoms with Crippen molar-refractivity contribution in [2.45, 2.75) is 19.4 Å². The number of halogens is 1. The van der Waals surface area contributed by atoms with Crippen LogP contribution in [-0.2, 0) is 0 Å². The first-order chi connectivity index (χ1) is 9.13. The van der Waals surface area contributed by atoms with Crippen LogP contribution in [0.15, 0.2) is 40.2 Å². The number of rotatable bonds is 4. The van der Waals surface area contributed by atoms with E-state index in [0.717, 1.165) is 11.3 Å². The van der Waals surface area contributed by atoms with Crippen molar-refractivity contribution < 1.29 is 4.79 Å². The molecule has 0 spiro atoms. The molecule has 3 nitrogen and oxygen atoms in total. The topological polar surface area (TPSA) is 55.1 Å². The van der Waals surface area contributed by atoms with E-state index in [9.17, 15) is 4.79 Å². The normalized spacial score (nSPS) is 12.1. The minimum absolute atomic E-state index is 0.0424. The molecule has 0 bridgehead atoms. The summed E-state index contributed by atoms with van der Waals surface area (Å²) in [7, 11) is 0. The van der Waals surface area contributed by atoms with Gasteiger partial charge in [-0.1, -0.05) is 19.1 Å². The fourth-order valence-electron chi connectivity index (χ4n) is 1.83. The lowest BCUT2D eigenvalue weighted by Crippen LogP contribution is -2.28. The molecule has 1 aromatic heterocycles. The molecule has 1 heterocycles. The Balaban J connectivity index is 2.18. The molecule has 0 radical (unpaired) electrons. The third-order valence-corrected chi connectivity index (χ3v) is 4.74. The second-order valence-corrected chi connectivity index (χ2v) is 5.93. The number of hydrogen-bond donors (Lipinski definition) is 2. The van der Waals surface area contributed by atoms with Crippen molar-refractivity contribution in [1.82, 2.24) is 5.32 Å². The van der Waals surface area contributed by atoms with Crippen LogP contribution in [0.2, 0.25) is 0 Å². The Morgan fingerprint density at radius 3 is 2.84 bits per heavy atom. The number of nitrogens with one attached hydrogen (secondary N) is 1. The maximum atomic E-state index is 12.3. The second-order valence-electron chi connectivity index (χ2n) is 4.16. The third kappa shape index (κ3) is 3.16. The summed E-state index contributed by atoms with van der Waals surface area (Å²) < 4.78 is 0.647. The predicted molar refractivity (Wildman–Crippen MR) is 83.4 cm³/mol. The molecular formula is C14H15BrN2OS. The quantitative estimate of drug-likeness (QED) is 0.828. The number of nitrogens with two attached hydrogens (primary N) is 1. The first kappa shape index (κ1) is 14.1. The number of carbonyl (C=O) groups excluding carboxylic acids is 1. The summed E-state index contributed by atoms with van der Waals surface area (Å²) in [6.45, 7) is 2.05. The highest BCUT2D eigenvalue weighted by Gasteiger charge is 2.17. The molecule has 3 N–H and O–H groups in total. The lowest BCUT2D eigenvalue weighted by Gasteiger charge is -2.16.